The van der Waals surface area contributed by atoms with Gasteiger partial charge in [0.15, 0.2) is 17.6 Å². The summed E-state index contributed by atoms with van der Waals surface area (Å²) >= 11 is 12.1. The molecule has 10 heteroatoms. The summed E-state index contributed by atoms with van der Waals surface area (Å²) in [7, 11) is 0. The molecule has 2 atom stereocenters. The summed E-state index contributed by atoms with van der Waals surface area (Å²) in [5, 5.41) is 17.9. The van der Waals surface area contributed by atoms with Crippen molar-refractivity contribution in [2.24, 2.45) is 5.10 Å². The summed E-state index contributed by atoms with van der Waals surface area (Å²) in [4.78, 5) is 26.1. The van der Waals surface area contributed by atoms with E-state index in [9.17, 15) is 14.7 Å². The molecule has 0 unspecified atom stereocenters. The number of nitrogens with one attached hydrogen (secondary N) is 2. The van der Waals surface area contributed by atoms with Gasteiger partial charge in [0.1, 0.15) is 11.8 Å². The molecule has 3 aromatic rings. The molecule has 0 radical (unpaired) electrons. The van der Waals surface area contributed by atoms with Crippen LogP contribution in [0.1, 0.15) is 30.5 Å². The zero-order chi connectivity index (χ0) is 29.1. The maximum Gasteiger partial charge on any atom is 0.262 e. The van der Waals surface area contributed by atoms with Crippen molar-refractivity contribution in [3.8, 4) is 17.2 Å². The van der Waals surface area contributed by atoms with E-state index < -0.39 is 24.0 Å². The van der Waals surface area contributed by atoms with Crippen molar-refractivity contribution < 1.29 is 24.2 Å². The van der Waals surface area contributed by atoms with Crippen LogP contribution in [-0.4, -0.2) is 41.9 Å². The lowest BCUT2D eigenvalue weighted by Gasteiger charge is -2.21. The van der Waals surface area contributed by atoms with Gasteiger partial charge in [0, 0.05) is 17.0 Å². The van der Waals surface area contributed by atoms with E-state index in [1.807, 2.05) is 37.3 Å². The van der Waals surface area contributed by atoms with Crippen molar-refractivity contribution in [3.63, 3.8) is 0 Å². The van der Waals surface area contributed by atoms with E-state index in [4.69, 9.17) is 32.7 Å². The summed E-state index contributed by atoms with van der Waals surface area (Å²) in [6.07, 6.45) is 2.79. The number of amides is 2. The highest BCUT2D eigenvalue weighted by molar-refractivity contribution is 6.35. The molecule has 210 valence electrons. The van der Waals surface area contributed by atoms with Gasteiger partial charge in [0.2, 0.25) is 0 Å². The molecule has 40 heavy (non-hydrogen) atoms. The van der Waals surface area contributed by atoms with E-state index in [0.717, 1.165) is 5.56 Å². The zero-order valence-corrected chi connectivity index (χ0v) is 23.7. The molecule has 0 aliphatic carbocycles. The number of halogens is 2. The predicted octanol–water partition coefficient (Wildman–Crippen LogP) is 5.47. The maximum atomic E-state index is 13.1. The number of carbonyl (C=O) groups excluding carboxylic acids is 2. The Morgan fingerprint density at radius 1 is 1.07 bits per heavy atom. The van der Waals surface area contributed by atoms with Gasteiger partial charge in [-0.25, -0.2) is 5.43 Å². The first-order valence-electron chi connectivity index (χ1n) is 12.6. The topological polar surface area (TPSA) is 109 Å². The Balaban J connectivity index is 1.74. The molecule has 0 aliphatic heterocycles. The summed E-state index contributed by atoms with van der Waals surface area (Å²) in [6.45, 7) is 7.44. The Morgan fingerprint density at radius 3 is 2.50 bits per heavy atom. The summed E-state index contributed by atoms with van der Waals surface area (Å²) < 4.78 is 11.2. The Kier molecular flexibility index (Phi) is 11.4. The van der Waals surface area contributed by atoms with Crippen molar-refractivity contribution in [1.82, 2.24) is 10.7 Å². The number of hydrogen-bond acceptors (Lipinski definition) is 6. The Labute approximate surface area is 243 Å². The third-order valence-corrected chi connectivity index (χ3v) is 6.24. The lowest BCUT2D eigenvalue weighted by atomic mass is 10.1. The molecule has 0 spiro atoms. The fourth-order valence-corrected chi connectivity index (χ4v) is 4.20. The van der Waals surface area contributed by atoms with Crippen LogP contribution in [0.2, 0.25) is 10.0 Å². The average Bonchev–Trinajstić information content (AvgIpc) is 2.93. The number of hydrazone groups is 1. The van der Waals surface area contributed by atoms with Gasteiger partial charge in [-0.3, -0.25) is 9.59 Å². The molecule has 0 bridgehead atoms. The quantitative estimate of drug-likeness (QED) is 0.140. The van der Waals surface area contributed by atoms with Crippen LogP contribution in [0.25, 0.3) is 0 Å². The lowest BCUT2D eigenvalue weighted by molar-refractivity contribution is -0.132. The SMILES string of the molecule is C=CCc1cc(/C=N\NC(=O)[C@H](Cc2ccccc2)NC(=O)[C@@H](C)Oc2ccc(Cl)cc2Cl)cc(OCC)c1O. The standard InChI is InChI=1S/C30H31Cl2N3O5/c1-4-9-22-14-21(16-27(28(22)36)39-5-2)18-33-35-30(38)25(15-20-10-7-6-8-11-20)34-29(37)19(3)40-26-13-12-23(31)17-24(26)32/h4,6-8,10-14,16-19,25,36H,1,5,9,15H2,2-3H3,(H,34,37)(H,35,38)/b33-18-/t19-,25+/m1/s1. The number of benzene rings is 3. The number of allylic oxidation sites excluding steroid dienone is 1. The highest BCUT2D eigenvalue weighted by Crippen LogP contribution is 2.32. The van der Waals surface area contributed by atoms with Crippen molar-refractivity contribution in [2.75, 3.05) is 6.61 Å². The third kappa shape index (κ3) is 8.76. The number of ether oxygens (including phenoxy) is 2. The van der Waals surface area contributed by atoms with E-state index in [1.54, 1.807) is 37.3 Å². The summed E-state index contributed by atoms with van der Waals surface area (Å²) in [5.74, 6) is -0.415. The second-order valence-corrected chi connectivity index (χ2v) is 9.62. The van der Waals surface area contributed by atoms with Crippen molar-refractivity contribution in [3.05, 3.63) is 100 Å². The van der Waals surface area contributed by atoms with Crippen LogP contribution < -0.4 is 20.2 Å². The second-order valence-electron chi connectivity index (χ2n) is 8.77. The molecule has 0 aromatic heterocycles. The minimum absolute atomic E-state index is 0.0322. The Bertz CT molecular complexity index is 1360. The number of hydrogen-bond donors (Lipinski definition) is 3. The van der Waals surface area contributed by atoms with Gasteiger partial charge in [0.25, 0.3) is 11.8 Å². The van der Waals surface area contributed by atoms with Gasteiger partial charge in [-0.1, -0.05) is 59.6 Å². The summed E-state index contributed by atoms with van der Waals surface area (Å²) in [5.41, 5.74) is 4.55. The molecule has 3 rings (SSSR count). The van der Waals surface area contributed by atoms with Gasteiger partial charge in [-0.15, -0.1) is 6.58 Å². The number of phenols is 1. The highest BCUT2D eigenvalue weighted by atomic mass is 35.5. The molecular weight excluding hydrogens is 553 g/mol. The number of nitrogens with zero attached hydrogens (tertiary/aromatic N) is 1. The first-order chi connectivity index (χ1) is 19.2. The van der Waals surface area contributed by atoms with E-state index in [2.05, 4.69) is 22.4 Å². The molecule has 0 saturated carbocycles. The van der Waals surface area contributed by atoms with Crippen molar-refractivity contribution in [1.29, 1.82) is 0 Å². The largest absolute Gasteiger partial charge is 0.504 e. The third-order valence-electron chi connectivity index (χ3n) is 5.71. The molecular formula is C30H31Cl2N3O5. The normalized spacial score (nSPS) is 12.4. The van der Waals surface area contributed by atoms with Crippen molar-refractivity contribution in [2.45, 2.75) is 38.8 Å². The molecule has 3 N–H and O–H groups in total. The van der Waals surface area contributed by atoms with Crippen LogP contribution in [0.5, 0.6) is 17.2 Å². The van der Waals surface area contributed by atoms with Crippen molar-refractivity contribution >= 4 is 41.2 Å². The molecule has 0 heterocycles. The Morgan fingerprint density at radius 2 is 1.82 bits per heavy atom. The maximum absolute atomic E-state index is 13.1. The lowest BCUT2D eigenvalue weighted by Crippen LogP contribution is -2.50. The van der Waals surface area contributed by atoms with E-state index in [0.29, 0.717) is 40.7 Å². The van der Waals surface area contributed by atoms with E-state index >= 15 is 0 Å². The van der Waals surface area contributed by atoms with Crippen LogP contribution in [0.15, 0.2) is 78.4 Å². The molecule has 8 nitrogen and oxygen atoms in total. The number of carbonyl (C=O) groups is 2. The number of phenolic OH excluding ortho intramolecular Hbond substituents is 1. The van der Waals surface area contributed by atoms with E-state index in [-0.39, 0.29) is 17.2 Å². The highest BCUT2D eigenvalue weighted by Gasteiger charge is 2.25. The number of rotatable bonds is 13. The predicted molar refractivity (Wildman–Crippen MR) is 158 cm³/mol. The van der Waals surface area contributed by atoms with Gasteiger partial charge in [-0.05, 0) is 61.7 Å². The zero-order valence-electron chi connectivity index (χ0n) is 22.2. The van der Waals surface area contributed by atoms with Gasteiger partial charge in [0.05, 0.1) is 17.8 Å². The fourth-order valence-electron chi connectivity index (χ4n) is 3.75. The Hall–Kier alpha value is -4.01. The molecule has 0 fully saturated rings. The average molecular weight is 585 g/mol. The van der Waals surface area contributed by atoms with E-state index in [1.165, 1.54) is 12.3 Å². The fraction of sp³-hybridized carbons (Fsp3) is 0.233. The van der Waals surface area contributed by atoms with Crippen LogP contribution in [0, 0.1) is 0 Å². The molecule has 3 aromatic carbocycles. The first-order valence-corrected chi connectivity index (χ1v) is 13.4. The molecule has 2 amide bonds. The van der Waals surface area contributed by atoms with Gasteiger partial charge in [-0.2, -0.15) is 5.10 Å². The van der Waals surface area contributed by atoms with Gasteiger partial charge < -0.3 is 19.9 Å². The summed E-state index contributed by atoms with van der Waals surface area (Å²) in [6, 6.07) is 16.3. The number of aromatic hydroxyl groups is 1. The van der Waals surface area contributed by atoms with Gasteiger partial charge >= 0.3 is 0 Å². The minimum atomic E-state index is -0.953. The smallest absolute Gasteiger partial charge is 0.262 e. The van der Waals surface area contributed by atoms with Crippen LogP contribution in [-0.2, 0) is 22.4 Å². The van der Waals surface area contributed by atoms with Crippen LogP contribution in [0.3, 0.4) is 0 Å². The van der Waals surface area contributed by atoms with Crippen LogP contribution >= 0.6 is 23.2 Å². The second kappa shape index (κ2) is 15.0. The van der Waals surface area contributed by atoms with Crippen LogP contribution in [0.4, 0.5) is 0 Å². The molecule has 0 saturated heterocycles. The monoisotopic (exact) mass is 583 g/mol. The minimum Gasteiger partial charge on any atom is -0.504 e. The first kappa shape index (κ1) is 30.5. The molecule has 0 aliphatic rings.